The van der Waals surface area contributed by atoms with Gasteiger partial charge in [-0.15, -0.1) is 0 Å². The maximum Gasteiger partial charge on any atom is 0.257 e. The van der Waals surface area contributed by atoms with Crippen molar-refractivity contribution in [1.29, 1.82) is 0 Å². The summed E-state index contributed by atoms with van der Waals surface area (Å²) in [6.07, 6.45) is 2.06. The smallest absolute Gasteiger partial charge is 0.257 e. The lowest BCUT2D eigenvalue weighted by atomic mass is 10.2. The molecule has 1 amide bonds. The Balaban J connectivity index is 2.56. The Morgan fingerprint density at radius 2 is 1.89 bits per heavy atom. The van der Waals surface area contributed by atoms with Crippen LogP contribution in [-0.4, -0.2) is 17.6 Å². The molecule has 1 aromatic rings. The SMILES string of the molecule is CCCCNC(=S)NC(=O)c1cc(Cl)cc(Cl)c1. The van der Waals surface area contributed by atoms with E-state index in [1.54, 1.807) is 6.07 Å². The fourth-order valence-corrected chi connectivity index (χ4v) is 2.00. The minimum atomic E-state index is -0.326. The summed E-state index contributed by atoms with van der Waals surface area (Å²) in [5.41, 5.74) is 0.382. The predicted octanol–water partition coefficient (Wildman–Crippen LogP) is 3.40. The number of hydrogen-bond acceptors (Lipinski definition) is 2. The van der Waals surface area contributed by atoms with Crippen LogP contribution < -0.4 is 10.6 Å². The number of amides is 1. The van der Waals surface area contributed by atoms with E-state index in [-0.39, 0.29) is 5.91 Å². The molecule has 0 unspecified atom stereocenters. The molecular weight excluding hydrogens is 291 g/mol. The van der Waals surface area contributed by atoms with Crippen molar-refractivity contribution >= 4 is 46.4 Å². The molecule has 0 atom stereocenters. The Hall–Kier alpha value is -0.840. The molecule has 0 bridgehead atoms. The minimum Gasteiger partial charge on any atom is -0.362 e. The fraction of sp³-hybridized carbons (Fsp3) is 0.333. The zero-order valence-electron chi connectivity index (χ0n) is 9.93. The van der Waals surface area contributed by atoms with Crippen LogP contribution in [0, 0.1) is 0 Å². The van der Waals surface area contributed by atoms with Crippen LogP contribution in [0.2, 0.25) is 10.0 Å². The van der Waals surface area contributed by atoms with Crippen molar-refractivity contribution in [2.24, 2.45) is 0 Å². The maximum atomic E-state index is 11.8. The number of thiocarbonyl (C=S) groups is 1. The molecule has 1 rings (SSSR count). The van der Waals surface area contributed by atoms with E-state index in [9.17, 15) is 4.79 Å². The number of hydrogen-bond donors (Lipinski definition) is 2. The molecule has 3 nitrogen and oxygen atoms in total. The van der Waals surface area contributed by atoms with Gasteiger partial charge in [0.05, 0.1) is 0 Å². The normalized spacial score (nSPS) is 9.94. The summed E-state index contributed by atoms with van der Waals surface area (Å²) in [4.78, 5) is 11.8. The topological polar surface area (TPSA) is 41.1 Å². The number of nitrogens with one attached hydrogen (secondary N) is 2. The van der Waals surface area contributed by atoms with E-state index in [1.807, 2.05) is 0 Å². The number of halogens is 2. The largest absolute Gasteiger partial charge is 0.362 e. The molecule has 1 aromatic carbocycles. The highest BCUT2D eigenvalue weighted by Crippen LogP contribution is 2.18. The van der Waals surface area contributed by atoms with E-state index in [0.717, 1.165) is 19.4 Å². The Morgan fingerprint density at radius 3 is 2.44 bits per heavy atom. The highest BCUT2D eigenvalue weighted by molar-refractivity contribution is 7.80. The van der Waals surface area contributed by atoms with Gasteiger partial charge >= 0.3 is 0 Å². The third-order valence-corrected chi connectivity index (χ3v) is 2.85. The van der Waals surface area contributed by atoms with Gasteiger partial charge in [-0.2, -0.15) is 0 Å². The van der Waals surface area contributed by atoms with Gasteiger partial charge in [0, 0.05) is 22.2 Å². The van der Waals surface area contributed by atoms with Gasteiger partial charge in [-0.1, -0.05) is 36.5 Å². The van der Waals surface area contributed by atoms with Gasteiger partial charge in [0.15, 0.2) is 5.11 Å². The number of carbonyl (C=O) groups is 1. The third kappa shape index (κ3) is 5.21. The first-order valence-corrected chi connectivity index (χ1v) is 6.74. The summed E-state index contributed by atoms with van der Waals surface area (Å²) in [5, 5.41) is 6.66. The second-order valence-corrected chi connectivity index (χ2v) is 5.00. The fourth-order valence-electron chi connectivity index (χ4n) is 1.28. The van der Waals surface area contributed by atoms with Crippen molar-refractivity contribution in [3.63, 3.8) is 0 Å². The highest BCUT2D eigenvalue weighted by Gasteiger charge is 2.09. The van der Waals surface area contributed by atoms with E-state index in [4.69, 9.17) is 35.4 Å². The summed E-state index contributed by atoms with van der Waals surface area (Å²) in [5.74, 6) is -0.326. The molecule has 2 N–H and O–H groups in total. The molecule has 0 aliphatic heterocycles. The molecule has 0 spiro atoms. The predicted molar refractivity (Wildman–Crippen MR) is 79.4 cm³/mol. The molecule has 0 aromatic heterocycles. The zero-order chi connectivity index (χ0) is 13.5. The van der Waals surface area contributed by atoms with Crippen LogP contribution in [-0.2, 0) is 0 Å². The van der Waals surface area contributed by atoms with E-state index >= 15 is 0 Å². The molecule has 0 radical (unpaired) electrons. The standard InChI is InChI=1S/C12H14Cl2N2OS/c1-2-3-4-15-12(18)16-11(17)8-5-9(13)7-10(14)6-8/h5-7H,2-4H2,1H3,(H2,15,16,17,18). The average molecular weight is 305 g/mol. The summed E-state index contributed by atoms with van der Waals surface area (Å²) in [6.45, 7) is 2.82. The number of benzene rings is 1. The molecule has 0 heterocycles. The maximum absolute atomic E-state index is 11.8. The van der Waals surface area contributed by atoms with Gasteiger partial charge < -0.3 is 5.32 Å². The van der Waals surface area contributed by atoms with Crippen molar-refractivity contribution in [2.75, 3.05) is 6.54 Å². The first-order valence-electron chi connectivity index (χ1n) is 5.58. The highest BCUT2D eigenvalue weighted by atomic mass is 35.5. The lowest BCUT2D eigenvalue weighted by Gasteiger charge is -2.09. The Morgan fingerprint density at radius 1 is 1.28 bits per heavy atom. The molecule has 18 heavy (non-hydrogen) atoms. The molecular formula is C12H14Cl2N2OS. The monoisotopic (exact) mass is 304 g/mol. The van der Waals surface area contributed by atoms with Gasteiger partial charge in [-0.3, -0.25) is 10.1 Å². The van der Waals surface area contributed by atoms with Gasteiger partial charge in [0.1, 0.15) is 0 Å². The van der Waals surface area contributed by atoms with Crippen molar-refractivity contribution in [3.8, 4) is 0 Å². The van der Waals surface area contributed by atoms with Crippen LogP contribution in [0.1, 0.15) is 30.1 Å². The average Bonchev–Trinajstić information content (AvgIpc) is 2.28. The molecule has 0 aliphatic carbocycles. The molecule has 6 heteroatoms. The van der Waals surface area contributed by atoms with Crippen molar-refractivity contribution in [3.05, 3.63) is 33.8 Å². The molecule has 0 saturated carbocycles. The van der Waals surface area contributed by atoms with Crippen LogP contribution in [0.15, 0.2) is 18.2 Å². The number of carbonyl (C=O) groups excluding carboxylic acids is 1. The Kier molecular flexibility index (Phi) is 6.39. The molecule has 0 aliphatic rings. The summed E-state index contributed by atoms with van der Waals surface area (Å²) >= 11 is 16.6. The van der Waals surface area contributed by atoms with Gasteiger partial charge in [0.25, 0.3) is 5.91 Å². The second kappa shape index (κ2) is 7.56. The van der Waals surface area contributed by atoms with Gasteiger partial charge in [-0.25, -0.2) is 0 Å². The first kappa shape index (κ1) is 15.2. The van der Waals surface area contributed by atoms with E-state index in [0.29, 0.717) is 20.7 Å². The van der Waals surface area contributed by atoms with Gasteiger partial charge in [-0.05, 0) is 36.8 Å². The van der Waals surface area contributed by atoms with Crippen LogP contribution in [0.3, 0.4) is 0 Å². The Labute approximate surface area is 122 Å². The Bertz CT molecular complexity index is 431. The summed E-state index contributed by atoms with van der Waals surface area (Å²) < 4.78 is 0. The number of rotatable bonds is 4. The summed E-state index contributed by atoms with van der Waals surface area (Å²) in [6, 6.07) is 4.65. The molecule has 0 fully saturated rings. The summed E-state index contributed by atoms with van der Waals surface area (Å²) in [7, 11) is 0. The van der Waals surface area contributed by atoms with Crippen molar-refractivity contribution in [2.45, 2.75) is 19.8 Å². The van der Waals surface area contributed by atoms with E-state index in [2.05, 4.69) is 17.6 Å². The van der Waals surface area contributed by atoms with Crippen LogP contribution >= 0.6 is 35.4 Å². The minimum absolute atomic E-state index is 0.310. The van der Waals surface area contributed by atoms with E-state index in [1.165, 1.54) is 12.1 Å². The zero-order valence-corrected chi connectivity index (χ0v) is 12.3. The first-order chi connectivity index (χ1) is 8.52. The molecule has 0 saturated heterocycles. The molecule has 98 valence electrons. The van der Waals surface area contributed by atoms with Crippen molar-refractivity contribution in [1.82, 2.24) is 10.6 Å². The lowest BCUT2D eigenvalue weighted by molar-refractivity contribution is 0.0976. The quantitative estimate of drug-likeness (QED) is 0.662. The van der Waals surface area contributed by atoms with Crippen molar-refractivity contribution < 1.29 is 4.79 Å². The second-order valence-electron chi connectivity index (χ2n) is 3.72. The van der Waals surface area contributed by atoms with Crippen LogP contribution in [0.5, 0.6) is 0 Å². The number of unbranched alkanes of at least 4 members (excludes halogenated alkanes) is 1. The lowest BCUT2D eigenvalue weighted by Crippen LogP contribution is -2.39. The van der Waals surface area contributed by atoms with Gasteiger partial charge in [0.2, 0.25) is 0 Å². The van der Waals surface area contributed by atoms with Crippen LogP contribution in [0.4, 0.5) is 0 Å². The van der Waals surface area contributed by atoms with E-state index < -0.39 is 0 Å². The third-order valence-electron chi connectivity index (χ3n) is 2.17. The van der Waals surface area contributed by atoms with Crippen LogP contribution in [0.25, 0.3) is 0 Å².